The standard InChI is InChI=1S/C17H15N3OS/c1-2-9-20-12-13(14-6-3-4-7-15(14)20)11-18-19-17(21)16-8-5-10-22-16/h2-8,10-12H,1,9H2,(H,19,21)/b18-11+. The number of nitrogens with one attached hydrogen (secondary N) is 1. The third-order valence-electron chi connectivity index (χ3n) is 3.26. The van der Waals surface area contributed by atoms with Gasteiger partial charge in [-0.15, -0.1) is 17.9 Å². The minimum atomic E-state index is -0.193. The van der Waals surface area contributed by atoms with E-state index in [4.69, 9.17) is 0 Å². The zero-order valence-electron chi connectivity index (χ0n) is 11.9. The minimum absolute atomic E-state index is 0.193. The van der Waals surface area contributed by atoms with Crippen molar-refractivity contribution in [2.45, 2.75) is 6.54 Å². The van der Waals surface area contributed by atoms with Gasteiger partial charge in [0.2, 0.25) is 0 Å². The molecule has 22 heavy (non-hydrogen) atoms. The van der Waals surface area contributed by atoms with Gasteiger partial charge in [0.1, 0.15) is 0 Å². The first-order chi connectivity index (χ1) is 10.8. The van der Waals surface area contributed by atoms with Crippen LogP contribution in [0, 0.1) is 0 Å². The molecule has 0 atom stereocenters. The summed E-state index contributed by atoms with van der Waals surface area (Å²) in [7, 11) is 0. The maximum Gasteiger partial charge on any atom is 0.281 e. The van der Waals surface area contributed by atoms with Crippen molar-refractivity contribution in [1.29, 1.82) is 0 Å². The molecule has 2 heterocycles. The molecule has 0 saturated heterocycles. The lowest BCUT2D eigenvalue weighted by Gasteiger charge is -1.98. The second-order valence-corrected chi connectivity index (χ2v) is 5.67. The summed E-state index contributed by atoms with van der Waals surface area (Å²) in [6, 6.07) is 11.7. The molecule has 0 aliphatic rings. The second-order valence-electron chi connectivity index (χ2n) is 4.72. The lowest BCUT2D eigenvalue weighted by Crippen LogP contribution is -2.16. The summed E-state index contributed by atoms with van der Waals surface area (Å²) in [5, 5.41) is 7.02. The molecule has 110 valence electrons. The summed E-state index contributed by atoms with van der Waals surface area (Å²) in [4.78, 5) is 12.5. The van der Waals surface area contributed by atoms with Crippen LogP contribution in [0.25, 0.3) is 10.9 Å². The minimum Gasteiger partial charge on any atom is -0.343 e. The predicted octanol–water partition coefficient (Wildman–Crippen LogP) is 3.65. The molecule has 4 nitrogen and oxygen atoms in total. The third kappa shape index (κ3) is 2.84. The largest absolute Gasteiger partial charge is 0.343 e. The number of rotatable bonds is 5. The number of fused-ring (bicyclic) bond motifs is 1. The Balaban J connectivity index is 1.83. The Kier molecular flexibility index (Phi) is 4.16. The summed E-state index contributed by atoms with van der Waals surface area (Å²) in [6.07, 6.45) is 5.53. The number of amides is 1. The molecule has 0 fully saturated rings. The molecule has 0 aliphatic heterocycles. The molecule has 0 aliphatic carbocycles. The fraction of sp³-hybridized carbons (Fsp3) is 0.0588. The van der Waals surface area contributed by atoms with Crippen molar-refractivity contribution in [1.82, 2.24) is 9.99 Å². The van der Waals surface area contributed by atoms with Gasteiger partial charge in [0.05, 0.1) is 11.1 Å². The molecule has 1 aromatic carbocycles. The van der Waals surface area contributed by atoms with E-state index in [-0.39, 0.29) is 5.91 Å². The van der Waals surface area contributed by atoms with Crippen molar-refractivity contribution in [3.05, 3.63) is 71.1 Å². The van der Waals surface area contributed by atoms with E-state index in [1.807, 2.05) is 41.9 Å². The van der Waals surface area contributed by atoms with Crippen LogP contribution in [0.4, 0.5) is 0 Å². The average Bonchev–Trinajstić information content (AvgIpc) is 3.17. The van der Waals surface area contributed by atoms with Gasteiger partial charge in [-0.1, -0.05) is 30.3 Å². The van der Waals surface area contributed by atoms with Crippen molar-refractivity contribution >= 4 is 34.4 Å². The number of allylic oxidation sites excluding steroid dienone is 1. The first kappa shape index (κ1) is 14.3. The Bertz CT molecular complexity index is 831. The van der Waals surface area contributed by atoms with Gasteiger partial charge in [-0.2, -0.15) is 5.10 Å². The zero-order chi connectivity index (χ0) is 15.4. The molecule has 3 aromatic rings. The molecular weight excluding hydrogens is 294 g/mol. The van der Waals surface area contributed by atoms with Gasteiger partial charge in [0, 0.05) is 29.2 Å². The maximum atomic E-state index is 11.8. The third-order valence-corrected chi connectivity index (χ3v) is 4.13. The molecule has 1 N–H and O–H groups in total. The lowest BCUT2D eigenvalue weighted by atomic mass is 10.2. The van der Waals surface area contributed by atoms with Crippen molar-refractivity contribution in [3.63, 3.8) is 0 Å². The van der Waals surface area contributed by atoms with E-state index in [9.17, 15) is 4.79 Å². The Morgan fingerprint density at radius 2 is 2.18 bits per heavy atom. The number of hydrogen-bond acceptors (Lipinski definition) is 3. The number of carbonyl (C=O) groups excluding carboxylic acids is 1. The molecule has 3 rings (SSSR count). The van der Waals surface area contributed by atoms with Gasteiger partial charge in [-0.25, -0.2) is 5.43 Å². The number of para-hydroxylation sites is 1. The SMILES string of the molecule is C=CCn1cc(/C=N/NC(=O)c2cccs2)c2ccccc21. The van der Waals surface area contributed by atoms with Crippen LogP contribution in [0.5, 0.6) is 0 Å². The summed E-state index contributed by atoms with van der Waals surface area (Å²) in [5.41, 5.74) is 4.63. The van der Waals surface area contributed by atoms with Crippen molar-refractivity contribution < 1.29 is 4.79 Å². The zero-order valence-corrected chi connectivity index (χ0v) is 12.7. The van der Waals surface area contributed by atoms with Crippen molar-refractivity contribution in [2.75, 3.05) is 0 Å². The van der Waals surface area contributed by atoms with Gasteiger partial charge in [0.15, 0.2) is 0 Å². The Labute approximate surface area is 132 Å². The van der Waals surface area contributed by atoms with Crippen LogP contribution in [-0.2, 0) is 6.54 Å². The quantitative estimate of drug-likeness (QED) is 0.436. The van der Waals surface area contributed by atoms with Crippen LogP contribution >= 0.6 is 11.3 Å². The monoisotopic (exact) mass is 309 g/mol. The second kappa shape index (κ2) is 6.41. The van der Waals surface area contributed by atoms with E-state index in [1.54, 1.807) is 12.3 Å². The highest BCUT2D eigenvalue weighted by Crippen LogP contribution is 2.20. The molecule has 0 radical (unpaired) electrons. The normalized spacial score (nSPS) is 11.1. The predicted molar refractivity (Wildman–Crippen MR) is 91.5 cm³/mol. The Hall–Kier alpha value is -2.66. The molecule has 0 saturated carbocycles. The summed E-state index contributed by atoms with van der Waals surface area (Å²) in [6.45, 7) is 4.51. The van der Waals surface area contributed by atoms with Gasteiger partial charge in [-0.05, 0) is 17.5 Å². The highest BCUT2D eigenvalue weighted by atomic mass is 32.1. The average molecular weight is 309 g/mol. The van der Waals surface area contributed by atoms with Gasteiger partial charge in [-0.3, -0.25) is 4.79 Å². The summed E-state index contributed by atoms with van der Waals surface area (Å²) in [5.74, 6) is -0.193. The van der Waals surface area contributed by atoms with Crippen LogP contribution < -0.4 is 5.43 Å². The lowest BCUT2D eigenvalue weighted by molar-refractivity contribution is 0.0959. The van der Waals surface area contributed by atoms with E-state index in [0.717, 1.165) is 23.0 Å². The van der Waals surface area contributed by atoms with Crippen LogP contribution in [-0.4, -0.2) is 16.7 Å². The first-order valence-corrected chi connectivity index (χ1v) is 7.73. The molecule has 5 heteroatoms. The number of thiophene rings is 1. The van der Waals surface area contributed by atoms with E-state index in [1.165, 1.54) is 11.3 Å². The van der Waals surface area contributed by atoms with E-state index in [2.05, 4.69) is 27.7 Å². The van der Waals surface area contributed by atoms with E-state index >= 15 is 0 Å². The highest BCUT2D eigenvalue weighted by molar-refractivity contribution is 7.12. The first-order valence-electron chi connectivity index (χ1n) is 6.85. The van der Waals surface area contributed by atoms with Gasteiger partial charge < -0.3 is 4.57 Å². The number of carbonyl (C=O) groups is 1. The van der Waals surface area contributed by atoms with Crippen molar-refractivity contribution in [3.8, 4) is 0 Å². The molecule has 2 aromatic heterocycles. The fourth-order valence-electron chi connectivity index (χ4n) is 2.29. The summed E-state index contributed by atoms with van der Waals surface area (Å²) < 4.78 is 2.10. The van der Waals surface area contributed by atoms with Gasteiger partial charge >= 0.3 is 0 Å². The maximum absolute atomic E-state index is 11.8. The van der Waals surface area contributed by atoms with Gasteiger partial charge in [0.25, 0.3) is 5.91 Å². The molecule has 0 spiro atoms. The van der Waals surface area contributed by atoms with Crippen LogP contribution in [0.2, 0.25) is 0 Å². The highest BCUT2D eigenvalue weighted by Gasteiger charge is 2.06. The topological polar surface area (TPSA) is 46.4 Å². The van der Waals surface area contributed by atoms with E-state index in [0.29, 0.717) is 4.88 Å². The molecule has 0 unspecified atom stereocenters. The number of hydrogen-bond donors (Lipinski definition) is 1. The number of hydrazone groups is 1. The Morgan fingerprint density at radius 1 is 1.32 bits per heavy atom. The molecule has 1 amide bonds. The van der Waals surface area contributed by atoms with Crippen molar-refractivity contribution in [2.24, 2.45) is 5.10 Å². The number of benzene rings is 1. The smallest absolute Gasteiger partial charge is 0.281 e. The van der Waals surface area contributed by atoms with Crippen LogP contribution in [0.1, 0.15) is 15.2 Å². The van der Waals surface area contributed by atoms with E-state index < -0.39 is 0 Å². The van der Waals surface area contributed by atoms with Crippen LogP contribution in [0.15, 0.2) is 65.7 Å². The summed E-state index contributed by atoms with van der Waals surface area (Å²) >= 11 is 1.39. The fourth-order valence-corrected chi connectivity index (χ4v) is 2.91. The van der Waals surface area contributed by atoms with Crippen LogP contribution in [0.3, 0.4) is 0 Å². The molecular formula is C17H15N3OS. The number of aromatic nitrogens is 1. The number of nitrogens with zero attached hydrogens (tertiary/aromatic N) is 2. The molecule has 0 bridgehead atoms. The Morgan fingerprint density at radius 3 is 2.95 bits per heavy atom.